The minimum Gasteiger partial charge on any atom is -0.485 e. The molecule has 0 bridgehead atoms. The number of nitrogens with one attached hydrogen (secondary N) is 1. The van der Waals surface area contributed by atoms with Crippen molar-refractivity contribution in [3.63, 3.8) is 0 Å². The Balaban J connectivity index is 1.69. The molecule has 25 heavy (non-hydrogen) atoms. The summed E-state index contributed by atoms with van der Waals surface area (Å²) in [6.07, 6.45) is 1.31. The zero-order chi connectivity index (χ0) is 17.8. The molecule has 1 aromatic carbocycles. The van der Waals surface area contributed by atoms with Crippen LogP contribution >= 0.6 is 11.8 Å². The van der Waals surface area contributed by atoms with Gasteiger partial charge in [-0.25, -0.2) is 0 Å². The van der Waals surface area contributed by atoms with E-state index in [1.54, 1.807) is 6.08 Å². The third-order valence-corrected chi connectivity index (χ3v) is 4.87. The summed E-state index contributed by atoms with van der Waals surface area (Å²) in [5.41, 5.74) is 0. The van der Waals surface area contributed by atoms with Crippen LogP contribution in [0.3, 0.4) is 0 Å². The molecule has 0 spiro atoms. The molecule has 0 saturated heterocycles. The predicted molar refractivity (Wildman–Crippen MR) is 94.8 cm³/mol. The highest BCUT2D eigenvalue weighted by molar-refractivity contribution is 8.00. The summed E-state index contributed by atoms with van der Waals surface area (Å²) < 4.78 is 13.5. The number of aromatic nitrogens is 3. The number of hydrogen-bond donors (Lipinski definition) is 1. The molecule has 2 unspecified atom stereocenters. The smallest absolute Gasteiger partial charge is 0.233 e. The fourth-order valence-electron chi connectivity index (χ4n) is 2.38. The Kier molecular flexibility index (Phi) is 5.28. The van der Waals surface area contributed by atoms with Crippen LogP contribution < -0.4 is 14.8 Å². The number of carbonyl (C=O) groups excluding carboxylic acids is 1. The van der Waals surface area contributed by atoms with Crippen molar-refractivity contribution in [2.75, 3.05) is 13.2 Å². The molecular weight excluding hydrogens is 340 g/mol. The van der Waals surface area contributed by atoms with E-state index in [2.05, 4.69) is 22.1 Å². The monoisotopic (exact) mass is 360 g/mol. The van der Waals surface area contributed by atoms with Gasteiger partial charge in [0.2, 0.25) is 5.91 Å². The van der Waals surface area contributed by atoms with Crippen molar-refractivity contribution in [3.05, 3.63) is 42.7 Å². The Morgan fingerprint density at radius 2 is 2.24 bits per heavy atom. The molecule has 0 aliphatic carbocycles. The standard InChI is InChI=1S/C17H20N4O3S/c1-4-9-18-16(22)11(2)25-17-20-19-15(21(17)3)14-10-23-12-7-5-6-8-13(12)24-14/h4-8,11,14H,1,9-10H2,2-3H3,(H,18,22). The second-order valence-electron chi connectivity index (χ2n) is 5.56. The van der Waals surface area contributed by atoms with Gasteiger partial charge in [-0.1, -0.05) is 30.0 Å². The molecule has 1 amide bonds. The lowest BCUT2D eigenvalue weighted by atomic mass is 10.2. The van der Waals surface area contributed by atoms with E-state index in [1.807, 2.05) is 42.8 Å². The number of amides is 1. The SMILES string of the molecule is C=CCNC(=O)C(C)Sc1nnc(C2COc3ccccc3O2)n1C. The molecule has 3 rings (SSSR count). The maximum atomic E-state index is 12.0. The van der Waals surface area contributed by atoms with Crippen LogP contribution in [0.1, 0.15) is 18.9 Å². The normalized spacial score (nSPS) is 17.0. The van der Waals surface area contributed by atoms with E-state index in [4.69, 9.17) is 9.47 Å². The minimum atomic E-state index is -0.341. The molecular formula is C17H20N4O3S. The van der Waals surface area contributed by atoms with Crippen LogP contribution in [0.15, 0.2) is 42.1 Å². The van der Waals surface area contributed by atoms with Crippen LogP contribution in [0.4, 0.5) is 0 Å². The Morgan fingerprint density at radius 3 is 3.00 bits per heavy atom. The number of ether oxygens (including phenoxy) is 2. The summed E-state index contributed by atoms with van der Waals surface area (Å²) in [6.45, 7) is 6.22. The summed E-state index contributed by atoms with van der Waals surface area (Å²) in [4.78, 5) is 12.0. The maximum absolute atomic E-state index is 12.0. The van der Waals surface area contributed by atoms with Gasteiger partial charge in [-0.2, -0.15) is 0 Å². The molecule has 0 saturated carbocycles. The van der Waals surface area contributed by atoms with Crippen LogP contribution in [-0.2, 0) is 11.8 Å². The zero-order valence-corrected chi connectivity index (χ0v) is 15.0. The van der Waals surface area contributed by atoms with E-state index in [0.29, 0.717) is 29.9 Å². The van der Waals surface area contributed by atoms with Crippen LogP contribution in [-0.4, -0.2) is 39.1 Å². The molecule has 7 nitrogen and oxygen atoms in total. The highest BCUT2D eigenvalue weighted by atomic mass is 32.2. The second kappa shape index (κ2) is 7.60. The van der Waals surface area contributed by atoms with E-state index in [0.717, 1.165) is 5.75 Å². The van der Waals surface area contributed by atoms with E-state index in [-0.39, 0.29) is 17.3 Å². The maximum Gasteiger partial charge on any atom is 0.233 e. The van der Waals surface area contributed by atoms with Crippen LogP contribution in [0, 0.1) is 0 Å². The molecule has 2 heterocycles. The quantitative estimate of drug-likeness (QED) is 0.628. The Bertz CT molecular complexity index is 777. The lowest BCUT2D eigenvalue weighted by molar-refractivity contribution is -0.120. The lowest BCUT2D eigenvalue weighted by Crippen LogP contribution is -2.31. The van der Waals surface area contributed by atoms with Gasteiger partial charge in [0.15, 0.2) is 28.6 Å². The van der Waals surface area contributed by atoms with E-state index in [1.165, 1.54) is 11.8 Å². The molecule has 0 radical (unpaired) electrons. The van der Waals surface area contributed by atoms with Gasteiger partial charge in [0.25, 0.3) is 0 Å². The number of carbonyl (C=O) groups is 1. The first-order chi connectivity index (χ1) is 12.1. The third-order valence-electron chi connectivity index (χ3n) is 3.74. The molecule has 1 aromatic heterocycles. The Labute approximate surface area is 150 Å². The van der Waals surface area contributed by atoms with Crippen molar-refractivity contribution < 1.29 is 14.3 Å². The van der Waals surface area contributed by atoms with Gasteiger partial charge in [0.05, 0.1) is 5.25 Å². The van der Waals surface area contributed by atoms with Gasteiger partial charge >= 0.3 is 0 Å². The van der Waals surface area contributed by atoms with Crippen LogP contribution in [0.5, 0.6) is 11.5 Å². The van der Waals surface area contributed by atoms with Gasteiger partial charge in [-0.05, 0) is 19.1 Å². The van der Waals surface area contributed by atoms with E-state index < -0.39 is 0 Å². The molecule has 132 valence electrons. The molecule has 0 fully saturated rings. The van der Waals surface area contributed by atoms with Crippen molar-refractivity contribution in [2.24, 2.45) is 7.05 Å². The van der Waals surface area contributed by atoms with Gasteiger partial charge in [-0.15, -0.1) is 16.8 Å². The minimum absolute atomic E-state index is 0.0689. The summed E-state index contributed by atoms with van der Waals surface area (Å²) in [5, 5.41) is 11.5. The largest absolute Gasteiger partial charge is 0.485 e. The van der Waals surface area contributed by atoms with Crippen molar-refractivity contribution >= 4 is 17.7 Å². The summed E-state index contributed by atoms with van der Waals surface area (Å²) in [5.74, 6) is 2.01. The number of fused-ring (bicyclic) bond motifs is 1. The number of nitrogens with zero attached hydrogens (tertiary/aromatic N) is 3. The van der Waals surface area contributed by atoms with E-state index >= 15 is 0 Å². The average molecular weight is 360 g/mol. The topological polar surface area (TPSA) is 78.3 Å². The fourth-order valence-corrected chi connectivity index (χ4v) is 3.23. The van der Waals surface area contributed by atoms with E-state index in [9.17, 15) is 4.79 Å². The lowest BCUT2D eigenvalue weighted by Gasteiger charge is -2.25. The number of rotatable bonds is 6. The highest BCUT2D eigenvalue weighted by Crippen LogP contribution is 2.36. The van der Waals surface area contributed by atoms with Crippen molar-refractivity contribution in [1.82, 2.24) is 20.1 Å². The number of hydrogen-bond acceptors (Lipinski definition) is 6. The third kappa shape index (κ3) is 3.79. The Hall–Kier alpha value is -2.48. The zero-order valence-electron chi connectivity index (χ0n) is 14.1. The van der Waals surface area contributed by atoms with Gasteiger partial charge in [-0.3, -0.25) is 4.79 Å². The number of benzene rings is 1. The highest BCUT2D eigenvalue weighted by Gasteiger charge is 2.28. The summed E-state index contributed by atoms with van der Waals surface area (Å²) >= 11 is 1.35. The van der Waals surface area contributed by atoms with Crippen molar-refractivity contribution in [2.45, 2.75) is 23.4 Å². The first-order valence-corrected chi connectivity index (χ1v) is 8.81. The molecule has 1 aliphatic rings. The average Bonchev–Trinajstić information content (AvgIpc) is 2.99. The molecule has 8 heteroatoms. The predicted octanol–water partition coefficient (Wildman–Crippen LogP) is 2.11. The number of para-hydroxylation sites is 2. The first kappa shape index (κ1) is 17.3. The molecule has 2 atom stereocenters. The first-order valence-electron chi connectivity index (χ1n) is 7.93. The Morgan fingerprint density at radius 1 is 1.48 bits per heavy atom. The van der Waals surface area contributed by atoms with Crippen LogP contribution in [0.2, 0.25) is 0 Å². The molecule has 2 aromatic rings. The molecule has 1 N–H and O–H groups in total. The van der Waals surface area contributed by atoms with Crippen molar-refractivity contribution in [3.8, 4) is 11.5 Å². The van der Waals surface area contributed by atoms with Gasteiger partial charge in [0.1, 0.15) is 6.61 Å². The molecule has 1 aliphatic heterocycles. The van der Waals surface area contributed by atoms with Gasteiger partial charge < -0.3 is 19.4 Å². The summed E-state index contributed by atoms with van der Waals surface area (Å²) in [6, 6.07) is 7.52. The summed E-state index contributed by atoms with van der Waals surface area (Å²) in [7, 11) is 1.86. The van der Waals surface area contributed by atoms with Crippen molar-refractivity contribution in [1.29, 1.82) is 0 Å². The number of thioether (sulfide) groups is 1. The van der Waals surface area contributed by atoms with Crippen LogP contribution in [0.25, 0.3) is 0 Å². The fraction of sp³-hybridized carbons (Fsp3) is 0.353. The van der Waals surface area contributed by atoms with Gasteiger partial charge in [0, 0.05) is 13.6 Å². The second-order valence-corrected chi connectivity index (χ2v) is 6.87.